The van der Waals surface area contributed by atoms with E-state index in [0.29, 0.717) is 17.8 Å². The SMILES string of the molecule is CC(C(O)C12CC3CC(CC(C3)C1)C2)S(=O)(=O)O. The summed E-state index contributed by atoms with van der Waals surface area (Å²) in [6.45, 7) is 1.43. The molecule has 2 N–H and O–H groups in total. The molecular weight excluding hydrogens is 252 g/mol. The van der Waals surface area contributed by atoms with Crippen LogP contribution in [-0.2, 0) is 10.1 Å². The Kier molecular flexibility index (Phi) is 2.81. The molecule has 0 amide bonds. The maximum absolute atomic E-state index is 11.3. The third-order valence-electron chi connectivity index (χ3n) is 5.63. The summed E-state index contributed by atoms with van der Waals surface area (Å²) in [7, 11) is -4.15. The van der Waals surface area contributed by atoms with Crippen molar-refractivity contribution in [3.63, 3.8) is 0 Å². The van der Waals surface area contributed by atoms with Crippen molar-refractivity contribution in [1.29, 1.82) is 0 Å². The van der Waals surface area contributed by atoms with Crippen LogP contribution in [0.3, 0.4) is 0 Å². The highest BCUT2D eigenvalue weighted by Crippen LogP contribution is 2.61. The van der Waals surface area contributed by atoms with E-state index in [-0.39, 0.29) is 5.41 Å². The monoisotopic (exact) mass is 274 g/mol. The lowest BCUT2D eigenvalue weighted by molar-refractivity contribution is -0.119. The zero-order valence-corrected chi connectivity index (χ0v) is 11.6. The predicted molar refractivity (Wildman–Crippen MR) is 67.6 cm³/mol. The Morgan fingerprint density at radius 1 is 1.06 bits per heavy atom. The summed E-state index contributed by atoms with van der Waals surface area (Å²) in [4.78, 5) is 0. The third kappa shape index (κ3) is 1.91. The number of aliphatic hydroxyl groups is 1. The van der Waals surface area contributed by atoms with Crippen LogP contribution in [0.25, 0.3) is 0 Å². The highest BCUT2D eigenvalue weighted by atomic mass is 32.2. The number of hydrogen-bond acceptors (Lipinski definition) is 3. The van der Waals surface area contributed by atoms with Crippen LogP contribution in [0.5, 0.6) is 0 Å². The van der Waals surface area contributed by atoms with Crippen LogP contribution < -0.4 is 0 Å². The van der Waals surface area contributed by atoms with Crippen molar-refractivity contribution < 1.29 is 18.1 Å². The lowest BCUT2D eigenvalue weighted by atomic mass is 9.48. The van der Waals surface area contributed by atoms with E-state index in [4.69, 9.17) is 0 Å². The molecule has 4 rings (SSSR count). The van der Waals surface area contributed by atoms with Crippen molar-refractivity contribution in [3.05, 3.63) is 0 Å². The van der Waals surface area contributed by atoms with Crippen LogP contribution in [0.15, 0.2) is 0 Å². The maximum Gasteiger partial charge on any atom is 0.270 e. The molecule has 4 aliphatic carbocycles. The normalized spacial score (nSPS) is 46.1. The standard InChI is InChI=1S/C13H22O4S/c1-8(18(15,16)17)12(14)13-5-9-2-10(6-13)4-11(3-9)7-13/h8-12,14H,2-7H2,1H3,(H,15,16,17). The van der Waals surface area contributed by atoms with E-state index in [1.165, 1.54) is 26.2 Å². The van der Waals surface area contributed by atoms with E-state index in [1.54, 1.807) is 0 Å². The van der Waals surface area contributed by atoms with Gasteiger partial charge in [-0.25, -0.2) is 0 Å². The van der Waals surface area contributed by atoms with Gasteiger partial charge in [-0.3, -0.25) is 4.55 Å². The fourth-order valence-corrected chi connectivity index (χ4v) is 5.82. The second-order valence-electron chi connectivity index (χ2n) is 6.94. The van der Waals surface area contributed by atoms with Gasteiger partial charge in [-0.1, -0.05) is 0 Å². The Hall–Kier alpha value is -0.130. The largest absolute Gasteiger partial charge is 0.391 e. The highest BCUT2D eigenvalue weighted by molar-refractivity contribution is 7.86. The van der Waals surface area contributed by atoms with Crippen LogP contribution in [0, 0.1) is 23.2 Å². The van der Waals surface area contributed by atoms with Crippen molar-refractivity contribution in [1.82, 2.24) is 0 Å². The van der Waals surface area contributed by atoms with Gasteiger partial charge < -0.3 is 5.11 Å². The Morgan fingerprint density at radius 3 is 1.78 bits per heavy atom. The van der Waals surface area contributed by atoms with Gasteiger partial charge in [-0.15, -0.1) is 0 Å². The number of rotatable bonds is 3. The molecule has 4 bridgehead atoms. The second kappa shape index (κ2) is 3.93. The van der Waals surface area contributed by atoms with Gasteiger partial charge in [0.15, 0.2) is 0 Å². The minimum atomic E-state index is -4.15. The smallest absolute Gasteiger partial charge is 0.270 e. The molecule has 4 saturated carbocycles. The Labute approximate surface area is 109 Å². The fraction of sp³-hybridized carbons (Fsp3) is 1.00. The lowest BCUT2D eigenvalue weighted by Gasteiger charge is -2.58. The van der Waals surface area contributed by atoms with Gasteiger partial charge in [-0.2, -0.15) is 8.42 Å². The molecule has 0 heterocycles. The topological polar surface area (TPSA) is 74.6 Å². The molecule has 0 radical (unpaired) electrons. The minimum absolute atomic E-state index is 0.246. The molecule has 4 fully saturated rings. The van der Waals surface area contributed by atoms with E-state index >= 15 is 0 Å². The van der Waals surface area contributed by atoms with E-state index in [1.807, 2.05) is 0 Å². The van der Waals surface area contributed by atoms with Crippen molar-refractivity contribution in [2.45, 2.75) is 56.8 Å². The second-order valence-corrected chi connectivity index (χ2v) is 8.72. The van der Waals surface area contributed by atoms with Crippen LogP contribution in [0.2, 0.25) is 0 Å². The first-order valence-electron chi connectivity index (χ1n) is 6.94. The van der Waals surface area contributed by atoms with E-state index in [2.05, 4.69) is 0 Å². The van der Waals surface area contributed by atoms with E-state index in [0.717, 1.165) is 19.3 Å². The molecule has 5 heteroatoms. The predicted octanol–water partition coefficient (Wildman–Crippen LogP) is 1.84. The quantitative estimate of drug-likeness (QED) is 0.770. The molecule has 104 valence electrons. The maximum atomic E-state index is 11.3. The molecule has 2 atom stereocenters. The first-order valence-corrected chi connectivity index (χ1v) is 8.45. The van der Waals surface area contributed by atoms with Gasteiger partial charge in [0.25, 0.3) is 10.1 Å². The molecule has 0 aromatic rings. The lowest BCUT2D eigenvalue weighted by Crippen LogP contribution is -2.55. The highest BCUT2D eigenvalue weighted by Gasteiger charge is 2.56. The molecule has 0 spiro atoms. The van der Waals surface area contributed by atoms with Gasteiger partial charge in [0.1, 0.15) is 5.25 Å². The third-order valence-corrected chi connectivity index (χ3v) is 6.82. The fourth-order valence-electron chi connectivity index (χ4n) is 5.20. The molecule has 18 heavy (non-hydrogen) atoms. The summed E-state index contributed by atoms with van der Waals surface area (Å²) < 4.78 is 31.7. The van der Waals surface area contributed by atoms with Gasteiger partial charge in [0.05, 0.1) is 6.10 Å². The average Bonchev–Trinajstić information content (AvgIpc) is 2.23. The van der Waals surface area contributed by atoms with Gasteiger partial charge in [0.2, 0.25) is 0 Å². The first kappa shape index (κ1) is 12.9. The van der Waals surface area contributed by atoms with E-state index < -0.39 is 21.5 Å². The molecule has 0 saturated heterocycles. The number of hydrogen-bond donors (Lipinski definition) is 2. The Bertz CT molecular complexity index is 407. The number of aliphatic hydroxyl groups excluding tert-OH is 1. The van der Waals surface area contributed by atoms with Crippen LogP contribution >= 0.6 is 0 Å². The average molecular weight is 274 g/mol. The molecule has 0 aromatic heterocycles. The zero-order chi connectivity index (χ0) is 13.1. The van der Waals surface area contributed by atoms with Gasteiger partial charge >= 0.3 is 0 Å². The minimum Gasteiger partial charge on any atom is -0.391 e. The molecule has 0 aromatic carbocycles. The Balaban J connectivity index is 1.87. The van der Waals surface area contributed by atoms with Crippen molar-refractivity contribution in [3.8, 4) is 0 Å². The summed E-state index contributed by atoms with van der Waals surface area (Å²) >= 11 is 0. The van der Waals surface area contributed by atoms with Gasteiger partial charge in [-0.05, 0) is 68.6 Å². The summed E-state index contributed by atoms with van der Waals surface area (Å²) in [5, 5.41) is 9.42. The molecule has 0 aliphatic heterocycles. The summed E-state index contributed by atoms with van der Waals surface area (Å²) in [5.74, 6) is 2.00. The molecular formula is C13H22O4S. The van der Waals surface area contributed by atoms with Crippen molar-refractivity contribution >= 4 is 10.1 Å². The van der Waals surface area contributed by atoms with Gasteiger partial charge in [0, 0.05) is 0 Å². The van der Waals surface area contributed by atoms with Crippen molar-refractivity contribution in [2.75, 3.05) is 0 Å². The Morgan fingerprint density at radius 2 is 1.44 bits per heavy atom. The summed E-state index contributed by atoms with van der Waals surface area (Å²) in [6.07, 6.45) is 5.69. The molecule has 2 unspecified atom stereocenters. The molecule has 4 aliphatic rings. The zero-order valence-electron chi connectivity index (χ0n) is 10.7. The van der Waals surface area contributed by atoms with Crippen molar-refractivity contribution in [2.24, 2.45) is 23.2 Å². The summed E-state index contributed by atoms with van der Waals surface area (Å²) in [5.41, 5.74) is -0.246. The first-order chi connectivity index (χ1) is 8.30. The molecule has 4 nitrogen and oxygen atoms in total. The summed E-state index contributed by atoms with van der Waals surface area (Å²) in [6, 6.07) is 0. The van der Waals surface area contributed by atoms with Crippen LogP contribution in [-0.4, -0.2) is 29.4 Å². The van der Waals surface area contributed by atoms with E-state index in [9.17, 15) is 18.1 Å². The van der Waals surface area contributed by atoms with Crippen LogP contribution in [0.1, 0.15) is 45.4 Å². The van der Waals surface area contributed by atoms with Crippen LogP contribution in [0.4, 0.5) is 0 Å².